The van der Waals surface area contributed by atoms with E-state index in [1.54, 1.807) is 35.8 Å². The summed E-state index contributed by atoms with van der Waals surface area (Å²) in [6.45, 7) is 5.54. The highest BCUT2D eigenvalue weighted by Crippen LogP contribution is 2.52. The lowest BCUT2D eigenvalue weighted by atomic mass is 10.2. The first-order valence-corrected chi connectivity index (χ1v) is 10.4. The zero-order valence-electron chi connectivity index (χ0n) is 18.2. The van der Waals surface area contributed by atoms with Crippen LogP contribution in [-0.2, 0) is 18.4 Å². The van der Waals surface area contributed by atoms with Crippen LogP contribution in [0.15, 0.2) is 36.0 Å². The average Bonchev–Trinajstić information content (AvgIpc) is 3.22. The van der Waals surface area contributed by atoms with Crippen LogP contribution >= 0.6 is 0 Å². The van der Waals surface area contributed by atoms with Crippen molar-refractivity contribution in [1.29, 1.82) is 0 Å². The standard InChI is InChI=1S/C21H25N7O4/c1-5-17(29)26-7-12-13(8-26)14(12)9-27-11-15(23-16-10-25(2)24-20(16)32-4)19-22-6-18(31-3)28(19)21(27)30/h5-6,10-14,23H,1,7-9H2,2-4H3. The van der Waals surface area contributed by atoms with Crippen molar-refractivity contribution in [2.75, 3.05) is 32.6 Å². The van der Waals surface area contributed by atoms with E-state index in [1.165, 1.54) is 23.8 Å². The van der Waals surface area contributed by atoms with Crippen molar-refractivity contribution in [2.24, 2.45) is 24.8 Å². The zero-order chi connectivity index (χ0) is 22.6. The number of fused-ring (bicyclic) bond motifs is 2. The Kier molecular flexibility index (Phi) is 4.68. The highest BCUT2D eigenvalue weighted by molar-refractivity contribution is 5.87. The van der Waals surface area contributed by atoms with Gasteiger partial charge in [0.1, 0.15) is 5.69 Å². The normalized spacial score (nSPS) is 21.5. The SMILES string of the molecule is C=CC(=O)N1CC2C(C1)C2Cn1cc(Nc2cn(C)nc2OC)c2ncc(OC)n2c1=O. The summed E-state index contributed by atoms with van der Waals surface area (Å²) in [6, 6.07) is 0. The maximum absolute atomic E-state index is 13.3. The molecule has 168 valence electrons. The molecule has 5 rings (SSSR count). The van der Waals surface area contributed by atoms with Crippen LogP contribution in [-0.4, -0.2) is 61.8 Å². The minimum Gasteiger partial charge on any atom is -0.481 e. The lowest BCUT2D eigenvalue weighted by Gasteiger charge is -2.19. The van der Waals surface area contributed by atoms with Crippen molar-refractivity contribution in [2.45, 2.75) is 6.54 Å². The molecule has 0 aromatic carbocycles. The molecular formula is C21H25N7O4. The molecule has 4 heterocycles. The van der Waals surface area contributed by atoms with Gasteiger partial charge >= 0.3 is 5.69 Å². The molecule has 1 saturated heterocycles. The number of methoxy groups -OCH3 is 2. The zero-order valence-corrected chi connectivity index (χ0v) is 18.2. The summed E-state index contributed by atoms with van der Waals surface area (Å²) in [5, 5.41) is 7.56. The average molecular weight is 439 g/mol. The lowest BCUT2D eigenvalue weighted by Crippen LogP contribution is -2.32. The van der Waals surface area contributed by atoms with E-state index >= 15 is 0 Å². The number of nitrogens with one attached hydrogen (secondary N) is 1. The molecule has 2 aliphatic rings. The molecular weight excluding hydrogens is 414 g/mol. The fourth-order valence-corrected chi connectivity index (χ4v) is 4.78. The molecule has 11 nitrogen and oxygen atoms in total. The molecule has 3 aromatic rings. The fourth-order valence-electron chi connectivity index (χ4n) is 4.78. The minimum absolute atomic E-state index is 0.0328. The van der Waals surface area contributed by atoms with Crippen molar-refractivity contribution in [3.63, 3.8) is 0 Å². The van der Waals surface area contributed by atoms with Gasteiger partial charge < -0.3 is 19.7 Å². The van der Waals surface area contributed by atoms with Gasteiger partial charge in [-0.25, -0.2) is 14.2 Å². The van der Waals surface area contributed by atoms with Gasteiger partial charge in [-0.2, -0.15) is 0 Å². The van der Waals surface area contributed by atoms with Crippen LogP contribution in [0, 0.1) is 17.8 Å². The summed E-state index contributed by atoms with van der Waals surface area (Å²) in [6.07, 6.45) is 6.45. The highest BCUT2D eigenvalue weighted by atomic mass is 16.5. The van der Waals surface area contributed by atoms with E-state index in [0.29, 0.717) is 66.2 Å². The Bertz CT molecular complexity index is 1260. The molecule has 1 amide bonds. The molecule has 0 radical (unpaired) electrons. The van der Waals surface area contributed by atoms with Crippen LogP contribution in [0.1, 0.15) is 0 Å². The van der Waals surface area contributed by atoms with E-state index in [4.69, 9.17) is 9.47 Å². The third-order valence-electron chi connectivity index (χ3n) is 6.42. The molecule has 1 aliphatic heterocycles. The summed E-state index contributed by atoms with van der Waals surface area (Å²) in [5.74, 6) is 1.91. The van der Waals surface area contributed by atoms with Crippen molar-refractivity contribution in [3.05, 3.63) is 41.7 Å². The maximum atomic E-state index is 13.3. The smallest absolute Gasteiger partial charge is 0.336 e. The number of imidazole rings is 1. The predicted octanol–water partition coefficient (Wildman–Crippen LogP) is 0.881. The van der Waals surface area contributed by atoms with Crippen LogP contribution in [0.4, 0.5) is 11.4 Å². The van der Waals surface area contributed by atoms with Gasteiger partial charge in [0.25, 0.3) is 5.88 Å². The molecule has 2 atom stereocenters. The molecule has 0 spiro atoms. The number of rotatable bonds is 7. The first-order chi connectivity index (χ1) is 15.4. The highest BCUT2D eigenvalue weighted by Gasteiger charge is 2.56. The first kappa shape index (κ1) is 20.2. The maximum Gasteiger partial charge on any atom is 0.336 e. The first-order valence-electron chi connectivity index (χ1n) is 10.4. The Morgan fingerprint density at radius 2 is 2.00 bits per heavy atom. The number of ether oxygens (including phenoxy) is 2. The van der Waals surface area contributed by atoms with Crippen molar-refractivity contribution >= 4 is 22.9 Å². The Balaban J connectivity index is 1.47. The summed E-state index contributed by atoms with van der Waals surface area (Å²) >= 11 is 0. The van der Waals surface area contributed by atoms with Gasteiger partial charge in [0.2, 0.25) is 11.8 Å². The van der Waals surface area contributed by atoms with Crippen LogP contribution in [0.25, 0.3) is 5.65 Å². The Labute approximate surface area is 183 Å². The Hall–Kier alpha value is -3.76. The van der Waals surface area contributed by atoms with Gasteiger partial charge in [-0.15, -0.1) is 5.10 Å². The second-order valence-corrected chi connectivity index (χ2v) is 8.23. The van der Waals surface area contributed by atoms with Crippen molar-refractivity contribution in [1.82, 2.24) is 28.6 Å². The molecule has 11 heteroatoms. The summed E-state index contributed by atoms with van der Waals surface area (Å²) in [7, 11) is 4.86. The van der Waals surface area contributed by atoms with Gasteiger partial charge in [-0.05, 0) is 23.8 Å². The summed E-state index contributed by atoms with van der Waals surface area (Å²) < 4.78 is 15.5. The van der Waals surface area contributed by atoms with Crippen molar-refractivity contribution < 1.29 is 14.3 Å². The van der Waals surface area contributed by atoms with Gasteiger partial charge in [-0.3, -0.25) is 14.0 Å². The van der Waals surface area contributed by atoms with Crippen LogP contribution < -0.4 is 20.5 Å². The number of amides is 1. The number of hydrogen-bond donors (Lipinski definition) is 1. The third-order valence-corrected chi connectivity index (χ3v) is 6.42. The van der Waals surface area contributed by atoms with Crippen LogP contribution in [0.5, 0.6) is 11.8 Å². The lowest BCUT2D eigenvalue weighted by molar-refractivity contribution is -0.125. The number of aromatic nitrogens is 5. The van der Waals surface area contributed by atoms with E-state index in [-0.39, 0.29) is 11.6 Å². The molecule has 1 N–H and O–H groups in total. The minimum atomic E-state index is -0.220. The number of likely N-dealkylation sites (tertiary alicyclic amines) is 1. The number of aryl methyl sites for hydroxylation is 1. The van der Waals surface area contributed by atoms with Crippen LogP contribution in [0.3, 0.4) is 0 Å². The topological polar surface area (TPSA) is 108 Å². The fraction of sp³-hybridized carbons (Fsp3) is 0.429. The van der Waals surface area contributed by atoms with Crippen molar-refractivity contribution in [3.8, 4) is 11.8 Å². The number of anilines is 2. The van der Waals surface area contributed by atoms with Gasteiger partial charge in [0, 0.05) is 32.9 Å². The Morgan fingerprint density at radius 3 is 2.66 bits per heavy atom. The number of piperidine rings is 1. The molecule has 32 heavy (non-hydrogen) atoms. The number of nitrogens with zero attached hydrogens (tertiary/aromatic N) is 6. The van der Waals surface area contributed by atoms with Crippen LogP contribution in [0.2, 0.25) is 0 Å². The molecule has 2 unspecified atom stereocenters. The summed E-state index contributed by atoms with van der Waals surface area (Å²) in [4.78, 5) is 31.3. The second kappa shape index (κ2) is 7.43. The molecule has 1 saturated carbocycles. The van der Waals surface area contributed by atoms with E-state index in [9.17, 15) is 9.59 Å². The van der Waals surface area contributed by atoms with E-state index in [2.05, 4.69) is 22.0 Å². The van der Waals surface area contributed by atoms with Gasteiger partial charge in [0.05, 0.1) is 32.3 Å². The number of hydrogen-bond acceptors (Lipinski definition) is 7. The number of carbonyl (C=O) groups is 1. The molecule has 2 fully saturated rings. The quantitative estimate of drug-likeness (QED) is 0.545. The van der Waals surface area contributed by atoms with E-state index in [0.717, 1.165) is 0 Å². The summed E-state index contributed by atoms with van der Waals surface area (Å²) in [5.41, 5.74) is 1.52. The number of carbonyl (C=O) groups excluding carboxylic acids is 1. The molecule has 0 bridgehead atoms. The monoisotopic (exact) mass is 439 g/mol. The second-order valence-electron chi connectivity index (χ2n) is 8.23. The van der Waals surface area contributed by atoms with Gasteiger partial charge in [0.15, 0.2) is 5.65 Å². The third kappa shape index (κ3) is 3.12. The van der Waals surface area contributed by atoms with E-state index in [1.807, 2.05) is 4.90 Å². The van der Waals surface area contributed by atoms with E-state index < -0.39 is 0 Å². The molecule has 3 aromatic heterocycles. The predicted molar refractivity (Wildman–Crippen MR) is 116 cm³/mol. The van der Waals surface area contributed by atoms with Gasteiger partial charge in [-0.1, -0.05) is 6.58 Å². The largest absolute Gasteiger partial charge is 0.481 e. The Morgan fingerprint density at radius 1 is 1.25 bits per heavy atom. The molecule has 1 aliphatic carbocycles.